The van der Waals surface area contributed by atoms with Crippen LogP contribution in [0.25, 0.3) is 0 Å². The zero-order valence-corrected chi connectivity index (χ0v) is 16.0. The second-order valence-electron chi connectivity index (χ2n) is 8.08. The topological polar surface area (TPSA) is 64.2 Å². The second kappa shape index (κ2) is 7.56. The molecule has 0 aromatic heterocycles. The lowest BCUT2D eigenvalue weighted by molar-refractivity contribution is 0.217. The molecule has 0 aliphatic heterocycles. The standard InChI is InChI=1S/C25H25NO2/c1-16-23(17-6-9-21(27)10-7-17)13-19-8-11-22(28)14-25(19)24(16)12-18-4-2-3-5-20(18)15-26/h2-6,8-11,14,16-17,23-24,27-28H,7,12-13H2,1H3/t16-,17?,23-,24-/m1/s1. The van der Waals surface area contributed by atoms with Crippen LogP contribution in [0.1, 0.15) is 41.5 Å². The minimum Gasteiger partial charge on any atom is -0.508 e. The minimum atomic E-state index is 0.239. The maximum Gasteiger partial charge on any atom is 0.115 e. The van der Waals surface area contributed by atoms with Gasteiger partial charge in [0.2, 0.25) is 0 Å². The molecule has 142 valence electrons. The van der Waals surface area contributed by atoms with Crippen molar-refractivity contribution in [3.05, 3.63) is 88.7 Å². The normalized spacial score (nSPS) is 26.2. The number of aliphatic hydroxyl groups is 1. The first-order chi connectivity index (χ1) is 13.6. The Morgan fingerprint density at radius 1 is 1.14 bits per heavy atom. The molecular formula is C25H25NO2. The van der Waals surface area contributed by atoms with E-state index in [1.807, 2.05) is 48.6 Å². The molecule has 2 aliphatic rings. The third kappa shape index (κ3) is 3.43. The van der Waals surface area contributed by atoms with Crippen LogP contribution < -0.4 is 0 Å². The van der Waals surface area contributed by atoms with Gasteiger partial charge in [0.25, 0.3) is 0 Å². The Bertz CT molecular complexity index is 982. The van der Waals surface area contributed by atoms with Crippen molar-refractivity contribution in [3.63, 3.8) is 0 Å². The molecule has 3 nitrogen and oxygen atoms in total. The lowest BCUT2D eigenvalue weighted by atomic mass is 9.63. The van der Waals surface area contributed by atoms with Crippen molar-refractivity contribution in [2.24, 2.45) is 17.8 Å². The molecule has 1 unspecified atom stereocenters. The highest BCUT2D eigenvalue weighted by Gasteiger charge is 2.37. The van der Waals surface area contributed by atoms with E-state index in [-0.39, 0.29) is 5.92 Å². The largest absolute Gasteiger partial charge is 0.508 e. The maximum atomic E-state index is 10.1. The van der Waals surface area contributed by atoms with Crippen LogP contribution in [0.3, 0.4) is 0 Å². The number of hydrogen-bond acceptors (Lipinski definition) is 3. The average Bonchev–Trinajstić information content (AvgIpc) is 2.71. The molecule has 0 radical (unpaired) electrons. The van der Waals surface area contributed by atoms with Gasteiger partial charge in [0.05, 0.1) is 11.6 Å². The summed E-state index contributed by atoms with van der Waals surface area (Å²) in [7, 11) is 0. The van der Waals surface area contributed by atoms with Crippen LogP contribution in [-0.2, 0) is 12.8 Å². The predicted molar refractivity (Wildman–Crippen MR) is 110 cm³/mol. The Morgan fingerprint density at radius 3 is 2.71 bits per heavy atom. The molecule has 0 saturated carbocycles. The summed E-state index contributed by atoms with van der Waals surface area (Å²) in [6, 6.07) is 15.9. The van der Waals surface area contributed by atoms with Crippen LogP contribution in [0.4, 0.5) is 0 Å². The number of rotatable bonds is 3. The number of phenols is 1. The molecule has 2 aliphatic carbocycles. The number of nitrogens with zero attached hydrogens (tertiary/aromatic N) is 1. The number of hydrogen-bond donors (Lipinski definition) is 2. The molecule has 0 amide bonds. The van der Waals surface area contributed by atoms with Gasteiger partial charge in [0, 0.05) is 0 Å². The summed E-state index contributed by atoms with van der Waals surface area (Å²) >= 11 is 0. The number of phenolic OH excluding ortho intramolecular Hbond substituents is 1. The van der Waals surface area contributed by atoms with Gasteiger partial charge in [0.1, 0.15) is 11.5 Å². The van der Waals surface area contributed by atoms with Gasteiger partial charge >= 0.3 is 0 Å². The Hall–Kier alpha value is -2.99. The van der Waals surface area contributed by atoms with Gasteiger partial charge in [0.15, 0.2) is 0 Å². The Labute approximate surface area is 166 Å². The van der Waals surface area contributed by atoms with E-state index in [0.29, 0.717) is 29.3 Å². The highest BCUT2D eigenvalue weighted by molar-refractivity contribution is 5.44. The monoisotopic (exact) mass is 371 g/mol. The Morgan fingerprint density at radius 2 is 1.96 bits per heavy atom. The van der Waals surface area contributed by atoms with Crippen LogP contribution >= 0.6 is 0 Å². The van der Waals surface area contributed by atoms with Crippen molar-refractivity contribution in [2.45, 2.75) is 32.1 Å². The van der Waals surface area contributed by atoms with Crippen molar-refractivity contribution in [3.8, 4) is 11.8 Å². The molecule has 2 aromatic rings. The van der Waals surface area contributed by atoms with Crippen molar-refractivity contribution in [2.75, 3.05) is 0 Å². The molecule has 0 fully saturated rings. The van der Waals surface area contributed by atoms with E-state index < -0.39 is 0 Å². The van der Waals surface area contributed by atoms with E-state index in [2.05, 4.69) is 19.1 Å². The van der Waals surface area contributed by atoms with Crippen LogP contribution in [0.2, 0.25) is 0 Å². The molecule has 0 bridgehead atoms. The molecule has 3 heteroatoms. The summed E-state index contributed by atoms with van der Waals surface area (Å²) in [5, 5.41) is 29.3. The van der Waals surface area contributed by atoms with Gasteiger partial charge in [-0.15, -0.1) is 0 Å². The van der Waals surface area contributed by atoms with Gasteiger partial charge in [-0.2, -0.15) is 5.26 Å². The summed E-state index contributed by atoms with van der Waals surface area (Å²) in [6.45, 7) is 2.29. The number of nitriles is 1. The smallest absolute Gasteiger partial charge is 0.115 e. The second-order valence-corrected chi connectivity index (χ2v) is 8.08. The zero-order valence-electron chi connectivity index (χ0n) is 16.0. The first kappa shape index (κ1) is 18.4. The summed E-state index contributed by atoms with van der Waals surface area (Å²) < 4.78 is 0. The Balaban J connectivity index is 1.72. The van der Waals surface area contributed by atoms with Crippen LogP contribution in [0.5, 0.6) is 5.75 Å². The van der Waals surface area contributed by atoms with E-state index >= 15 is 0 Å². The summed E-state index contributed by atoms with van der Waals surface area (Å²) in [5.74, 6) is 2.13. The lowest BCUT2D eigenvalue weighted by Gasteiger charge is -2.41. The highest BCUT2D eigenvalue weighted by atomic mass is 16.3. The first-order valence-electron chi connectivity index (χ1n) is 9.94. The third-order valence-electron chi connectivity index (χ3n) is 6.54. The minimum absolute atomic E-state index is 0.239. The molecule has 0 spiro atoms. The van der Waals surface area contributed by atoms with Crippen LogP contribution in [0.15, 0.2) is 66.5 Å². The predicted octanol–water partition coefficient (Wildman–Crippen LogP) is 5.42. The van der Waals surface area contributed by atoms with E-state index in [9.17, 15) is 15.5 Å². The molecular weight excluding hydrogens is 346 g/mol. The maximum absolute atomic E-state index is 10.1. The van der Waals surface area contributed by atoms with E-state index in [1.54, 1.807) is 6.07 Å². The molecule has 2 N–H and O–H groups in total. The van der Waals surface area contributed by atoms with Gasteiger partial charge in [-0.1, -0.05) is 37.3 Å². The number of aromatic hydroxyl groups is 1. The molecule has 4 rings (SSSR count). The highest BCUT2D eigenvalue weighted by Crippen LogP contribution is 2.46. The van der Waals surface area contributed by atoms with Gasteiger partial charge in [-0.3, -0.25) is 0 Å². The van der Waals surface area contributed by atoms with Gasteiger partial charge in [-0.25, -0.2) is 0 Å². The van der Waals surface area contributed by atoms with Crippen molar-refractivity contribution >= 4 is 0 Å². The molecule has 4 atom stereocenters. The van der Waals surface area contributed by atoms with Crippen molar-refractivity contribution in [1.29, 1.82) is 5.26 Å². The summed E-state index contributed by atoms with van der Waals surface area (Å²) in [5.41, 5.74) is 4.28. The summed E-state index contributed by atoms with van der Waals surface area (Å²) in [6.07, 6.45) is 8.47. The lowest BCUT2D eigenvalue weighted by Crippen LogP contribution is -2.33. The molecule has 28 heavy (non-hydrogen) atoms. The van der Waals surface area contributed by atoms with Crippen LogP contribution in [0, 0.1) is 29.1 Å². The van der Waals surface area contributed by atoms with E-state index in [0.717, 1.165) is 30.4 Å². The third-order valence-corrected chi connectivity index (χ3v) is 6.54. The number of benzene rings is 2. The number of fused-ring (bicyclic) bond motifs is 1. The van der Waals surface area contributed by atoms with E-state index in [4.69, 9.17) is 0 Å². The van der Waals surface area contributed by atoms with Crippen molar-refractivity contribution in [1.82, 2.24) is 0 Å². The number of aliphatic hydroxyl groups excluding tert-OH is 1. The molecule has 0 saturated heterocycles. The molecule has 0 heterocycles. The van der Waals surface area contributed by atoms with Crippen molar-refractivity contribution < 1.29 is 10.2 Å². The first-order valence-corrected chi connectivity index (χ1v) is 9.94. The van der Waals surface area contributed by atoms with Crippen LogP contribution in [-0.4, -0.2) is 10.2 Å². The fourth-order valence-corrected chi connectivity index (χ4v) is 4.96. The Kier molecular flexibility index (Phi) is 4.96. The zero-order chi connectivity index (χ0) is 19.7. The molecule has 2 aromatic carbocycles. The van der Waals surface area contributed by atoms with Gasteiger partial charge < -0.3 is 10.2 Å². The van der Waals surface area contributed by atoms with E-state index in [1.165, 1.54) is 11.1 Å². The quantitative estimate of drug-likeness (QED) is 0.757. The average molecular weight is 371 g/mol. The summed E-state index contributed by atoms with van der Waals surface area (Å²) in [4.78, 5) is 0. The fraction of sp³-hybridized carbons (Fsp3) is 0.320. The fourth-order valence-electron chi connectivity index (χ4n) is 4.96. The van der Waals surface area contributed by atoms with Gasteiger partial charge in [-0.05, 0) is 90.0 Å². The SMILES string of the molecule is C[C@H]1[C@@H](Cc2ccccc2C#N)c2cc(O)ccc2C[C@H]1C1C=CC(O)=CC1. The number of allylic oxidation sites excluding steroid dienone is 3.